The molecule has 0 aromatic heterocycles. The van der Waals surface area contributed by atoms with Crippen LogP contribution in [0.3, 0.4) is 0 Å². The summed E-state index contributed by atoms with van der Waals surface area (Å²) in [7, 11) is 0. The van der Waals surface area contributed by atoms with Gasteiger partial charge in [0.2, 0.25) is 5.91 Å². The third-order valence-electron chi connectivity index (χ3n) is 5.24. The predicted molar refractivity (Wildman–Crippen MR) is 116 cm³/mol. The number of aryl methyl sites for hydroxylation is 1. The Morgan fingerprint density at radius 2 is 1.47 bits per heavy atom. The van der Waals surface area contributed by atoms with Gasteiger partial charge < -0.3 is 19.3 Å². The highest BCUT2D eigenvalue weighted by Crippen LogP contribution is 2.18. The maximum atomic E-state index is 12.5. The molecule has 6 heteroatoms. The monoisotopic (exact) mass is 410 g/mol. The zero-order chi connectivity index (χ0) is 21.2. The van der Waals surface area contributed by atoms with Gasteiger partial charge in [0.25, 0.3) is 5.91 Å². The standard InChI is InChI=1S/C24H30N2O4/c1-2-20-9-6-7-12-22(20)30-19-24(28)26-16-14-25(15-17-26)23(27)13-8-18-29-21-10-4-3-5-11-21/h3-7,9-12H,2,8,13-19H2,1H3. The normalized spacial score (nSPS) is 13.8. The average molecular weight is 411 g/mol. The van der Waals surface area contributed by atoms with E-state index in [1.807, 2.05) is 59.5 Å². The largest absolute Gasteiger partial charge is 0.494 e. The summed E-state index contributed by atoms with van der Waals surface area (Å²) >= 11 is 0. The first kappa shape index (κ1) is 21.7. The van der Waals surface area contributed by atoms with Crippen LogP contribution in [0.5, 0.6) is 11.5 Å². The molecule has 0 spiro atoms. The van der Waals surface area contributed by atoms with E-state index in [-0.39, 0.29) is 18.4 Å². The topological polar surface area (TPSA) is 59.1 Å². The van der Waals surface area contributed by atoms with E-state index >= 15 is 0 Å². The molecule has 1 aliphatic heterocycles. The average Bonchev–Trinajstić information content (AvgIpc) is 2.81. The molecule has 1 aliphatic rings. The maximum absolute atomic E-state index is 12.5. The molecule has 160 valence electrons. The molecular formula is C24H30N2O4. The molecule has 0 saturated carbocycles. The molecule has 0 atom stereocenters. The van der Waals surface area contributed by atoms with Gasteiger partial charge in [-0.3, -0.25) is 9.59 Å². The van der Waals surface area contributed by atoms with E-state index in [0.717, 1.165) is 23.5 Å². The smallest absolute Gasteiger partial charge is 0.260 e. The lowest BCUT2D eigenvalue weighted by Gasteiger charge is -2.34. The highest BCUT2D eigenvalue weighted by molar-refractivity contribution is 5.79. The summed E-state index contributed by atoms with van der Waals surface area (Å²) in [5.41, 5.74) is 1.09. The summed E-state index contributed by atoms with van der Waals surface area (Å²) in [5.74, 6) is 1.66. The minimum Gasteiger partial charge on any atom is -0.494 e. The molecule has 1 heterocycles. The van der Waals surface area contributed by atoms with Crippen LogP contribution < -0.4 is 9.47 Å². The molecule has 0 N–H and O–H groups in total. The third kappa shape index (κ3) is 6.24. The van der Waals surface area contributed by atoms with Crippen molar-refractivity contribution in [3.8, 4) is 11.5 Å². The summed E-state index contributed by atoms with van der Waals surface area (Å²) in [6.07, 6.45) is 2.00. The van der Waals surface area contributed by atoms with E-state index < -0.39 is 0 Å². The Morgan fingerprint density at radius 1 is 0.833 bits per heavy atom. The van der Waals surface area contributed by atoms with Crippen molar-refractivity contribution in [2.75, 3.05) is 39.4 Å². The number of hydrogen-bond acceptors (Lipinski definition) is 4. The molecule has 1 fully saturated rings. The molecule has 2 amide bonds. The minimum atomic E-state index is -0.0377. The van der Waals surface area contributed by atoms with Crippen molar-refractivity contribution in [2.45, 2.75) is 26.2 Å². The molecule has 30 heavy (non-hydrogen) atoms. The molecular weight excluding hydrogens is 380 g/mol. The van der Waals surface area contributed by atoms with Crippen LogP contribution >= 0.6 is 0 Å². The first-order valence-electron chi connectivity index (χ1n) is 10.6. The summed E-state index contributed by atoms with van der Waals surface area (Å²) in [4.78, 5) is 28.5. The number of piperazine rings is 1. The van der Waals surface area contributed by atoms with Gasteiger partial charge in [0.05, 0.1) is 6.61 Å². The zero-order valence-corrected chi connectivity index (χ0v) is 17.6. The number of nitrogens with zero attached hydrogens (tertiary/aromatic N) is 2. The Labute approximate surface area is 178 Å². The van der Waals surface area contributed by atoms with Crippen molar-refractivity contribution in [1.82, 2.24) is 9.80 Å². The molecule has 0 bridgehead atoms. The lowest BCUT2D eigenvalue weighted by Crippen LogP contribution is -2.51. The highest BCUT2D eigenvalue weighted by Gasteiger charge is 2.24. The second-order valence-corrected chi connectivity index (χ2v) is 7.28. The molecule has 2 aromatic rings. The second kappa shape index (κ2) is 11.2. The molecule has 0 radical (unpaired) electrons. The van der Waals surface area contributed by atoms with Crippen LogP contribution in [0.1, 0.15) is 25.3 Å². The predicted octanol–water partition coefficient (Wildman–Crippen LogP) is 3.16. The number of ether oxygens (including phenoxy) is 2. The van der Waals surface area contributed by atoms with Crippen LogP contribution in [0, 0.1) is 0 Å². The van der Waals surface area contributed by atoms with Crippen molar-refractivity contribution in [1.29, 1.82) is 0 Å². The molecule has 2 aromatic carbocycles. The zero-order valence-electron chi connectivity index (χ0n) is 17.6. The van der Waals surface area contributed by atoms with Gasteiger partial charge in [0.1, 0.15) is 11.5 Å². The maximum Gasteiger partial charge on any atom is 0.260 e. The summed E-state index contributed by atoms with van der Waals surface area (Å²) in [5, 5.41) is 0. The van der Waals surface area contributed by atoms with E-state index in [1.165, 1.54) is 0 Å². The summed E-state index contributed by atoms with van der Waals surface area (Å²) < 4.78 is 11.4. The molecule has 0 aliphatic carbocycles. The van der Waals surface area contributed by atoms with Crippen LogP contribution in [0.2, 0.25) is 0 Å². The number of carbonyl (C=O) groups excluding carboxylic acids is 2. The highest BCUT2D eigenvalue weighted by atomic mass is 16.5. The number of amides is 2. The minimum absolute atomic E-state index is 0.0295. The first-order chi connectivity index (χ1) is 14.7. The Kier molecular flexibility index (Phi) is 8.12. The van der Waals surface area contributed by atoms with Crippen LogP contribution in [-0.2, 0) is 16.0 Å². The molecule has 3 rings (SSSR count). The van der Waals surface area contributed by atoms with Crippen molar-refractivity contribution >= 4 is 11.8 Å². The van der Waals surface area contributed by atoms with Crippen LogP contribution in [-0.4, -0.2) is 61.0 Å². The van der Waals surface area contributed by atoms with Gasteiger partial charge in [-0.05, 0) is 36.6 Å². The number of carbonyl (C=O) groups is 2. The van der Waals surface area contributed by atoms with Gasteiger partial charge in [-0.2, -0.15) is 0 Å². The van der Waals surface area contributed by atoms with Crippen molar-refractivity contribution in [3.05, 3.63) is 60.2 Å². The third-order valence-corrected chi connectivity index (χ3v) is 5.24. The Balaban J connectivity index is 1.34. The van der Waals surface area contributed by atoms with Crippen molar-refractivity contribution < 1.29 is 19.1 Å². The Morgan fingerprint density at radius 3 is 2.17 bits per heavy atom. The lowest BCUT2D eigenvalue weighted by molar-refractivity contribution is -0.140. The van der Waals surface area contributed by atoms with Gasteiger partial charge in [0, 0.05) is 32.6 Å². The SMILES string of the molecule is CCc1ccccc1OCC(=O)N1CCN(C(=O)CCCOc2ccccc2)CC1. The fourth-order valence-electron chi connectivity index (χ4n) is 3.46. The van der Waals surface area contributed by atoms with E-state index in [9.17, 15) is 9.59 Å². The fraction of sp³-hybridized carbons (Fsp3) is 0.417. The first-order valence-corrected chi connectivity index (χ1v) is 10.6. The van der Waals surface area contributed by atoms with Gasteiger partial charge in [-0.15, -0.1) is 0 Å². The van der Waals surface area contributed by atoms with Crippen molar-refractivity contribution in [3.63, 3.8) is 0 Å². The second-order valence-electron chi connectivity index (χ2n) is 7.28. The number of rotatable bonds is 9. The van der Waals surface area contributed by atoms with Gasteiger partial charge in [0.15, 0.2) is 6.61 Å². The van der Waals surface area contributed by atoms with Crippen LogP contribution in [0.25, 0.3) is 0 Å². The summed E-state index contributed by atoms with van der Waals surface area (Å²) in [6, 6.07) is 17.4. The van der Waals surface area contributed by atoms with Crippen LogP contribution in [0.15, 0.2) is 54.6 Å². The van der Waals surface area contributed by atoms with E-state index in [4.69, 9.17) is 9.47 Å². The molecule has 1 saturated heterocycles. The van der Waals surface area contributed by atoms with Crippen molar-refractivity contribution in [2.24, 2.45) is 0 Å². The van der Waals surface area contributed by atoms with Crippen LogP contribution in [0.4, 0.5) is 0 Å². The lowest BCUT2D eigenvalue weighted by atomic mass is 10.1. The molecule has 6 nitrogen and oxygen atoms in total. The van der Waals surface area contributed by atoms with E-state index in [0.29, 0.717) is 45.6 Å². The quantitative estimate of drug-likeness (QED) is 0.596. The van der Waals surface area contributed by atoms with E-state index in [2.05, 4.69) is 6.92 Å². The number of benzene rings is 2. The van der Waals surface area contributed by atoms with Gasteiger partial charge in [-0.1, -0.05) is 43.3 Å². The number of para-hydroxylation sites is 2. The van der Waals surface area contributed by atoms with E-state index in [1.54, 1.807) is 4.90 Å². The Bertz CT molecular complexity index is 817. The fourth-order valence-corrected chi connectivity index (χ4v) is 3.46. The molecule has 0 unspecified atom stereocenters. The summed E-state index contributed by atoms with van der Waals surface area (Å²) in [6.45, 7) is 4.83. The number of hydrogen-bond donors (Lipinski definition) is 0. The van der Waals surface area contributed by atoms with Gasteiger partial charge >= 0.3 is 0 Å². The van der Waals surface area contributed by atoms with Gasteiger partial charge in [-0.25, -0.2) is 0 Å². The Hall–Kier alpha value is -3.02.